The third-order valence-corrected chi connectivity index (χ3v) is 4.19. The highest BCUT2D eigenvalue weighted by molar-refractivity contribution is 5.78. The number of carbonyl (C=O) groups excluding carboxylic acids is 1. The molecule has 20 heavy (non-hydrogen) atoms. The van der Waals surface area contributed by atoms with Crippen LogP contribution in [0.4, 0.5) is 0 Å². The minimum Gasteiger partial charge on any atom is -0.349 e. The summed E-state index contributed by atoms with van der Waals surface area (Å²) in [5.74, 6) is 0.162. The summed E-state index contributed by atoms with van der Waals surface area (Å²) in [6.07, 6.45) is 4.19. The van der Waals surface area contributed by atoms with Gasteiger partial charge in [-0.05, 0) is 42.4 Å². The summed E-state index contributed by atoms with van der Waals surface area (Å²) in [4.78, 5) is 12.0. The van der Waals surface area contributed by atoms with E-state index in [9.17, 15) is 4.79 Å². The van der Waals surface area contributed by atoms with Gasteiger partial charge in [-0.3, -0.25) is 4.79 Å². The summed E-state index contributed by atoms with van der Waals surface area (Å²) in [6.45, 7) is 5.97. The number of nitrogens with two attached hydrogens (primary N) is 1. The highest BCUT2D eigenvalue weighted by Crippen LogP contribution is 2.32. The van der Waals surface area contributed by atoms with Crippen LogP contribution in [-0.4, -0.2) is 5.91 Å². The van der Waals surface area contributed by atoms with E-state index in [-0.39, 0.29) is 23.9 Å². The smallest absolute Gasteiger partial charge is 0.223 e. The molecule has 0 fully saturated rings. The second-order valence-corrected chi connectivity index (χ2v) is 6.08. The van der Waals surface area contributed by atoms with E-state index in [0.717, 1.165) is 25.7 Å². The Kier molecular flexibility index (Phi) is 4.81. The van der Waals surface area contributed by atoms with Crippen molar-refractivity contribution in [2.45, 2.75) is 58.5 Å². The molecule has 1 aromatic rings. The second kappa shape index (κ2) is 6.40. The van der Waals surface area contributed by atoms with Gasteiger partial charge in [0.1, 0.15) is 0 Å². The molecule has 2 atom stereocenters. The van der Waals surface area contributed by atoms with Gasteiger partial charge in [-0.2, -0.15) is 0 Å². The molecule has 3 N–H and O–H groups in total. The van der Waals surface area contributed by atoms with Crippen LogP contribution >= 0.6 is 0 Å². The Morgan fingerprint density at radius 1 is 1.45 bits per heavy atom. The van der Waals surface area contributed by atoms with E-state index in [1.807, 2.05) is 13.8 Å². The first-order valence-corrected chi connectivity index (χ1v) is 7.71. The Labute approximate surface area is 121 Å². The average Bonchev–Trinajstić information content (AvgIpc) is 2.46. The van der Waals surface area contributed by atoms with Crippen LogP contribution in [0.5, 0.6) is 0 Å². The summed E-state index contributed by atoms with van der Waals surface area (Å²) in [7, 11) is 0. The first kappa shape index (κ1) is 15.0. The zero-order valence-corrected chi connectivity index (χ0v) is 12.8. The van der Waals surface area contributed by atoms with Crippen molar-refractivity contribution in [2.24, 2.45) is 11.7 Å². The fourth-order valence-electron chi connectivity index (χ4n) is 2.77. The van der Waals surface area contributed by atoms with Crippen LogP contribution < -0.4 is 11.1 Å². The molecule has 110 valence electrons. The van der Waals surface area contributed by atoms with Gasteiger partial charge < -0.3 is 11.1 Å². The van der Waals surface area contributed by atoms with Crippen LogP contribution in [0.3, 0.4) is 0 Å². The van der Waals surface area contributed by atoms with E-state index in [1.54, 1.807) is 0 Å². The van der Waals surface area contributed by atoms with Crippen molar-refractivity contribution in [3.8, 4) is 0 Å². The number of nitrogens with one attached hydrogen (secondary N) is 1. The van der Waals surface area contributed by atoms with E-state index in [0.29, 0.717) is 0 Å². The SMILES string of the molecule is CCC(N)c1ccc2c(c1)C(NC(=O)C(C)C)CCC2. The van der Waals surface area contributed by atoms with Crippen LogP contribution in [0, 0.1) is 5.92 Å². The fraction of sp³-hybridized carbons (Fsp3) is 0.588. The van der Waals surface area contributed by atoms with Crippen molar-refractivity contribution < 1.29 is 4.79 Å². The van der Waals surface area contributed by atoms with Gasteiger partial charge in [0.2, 0.25) is 5.91 Å². The lowest BCUT2D eigenvalue weighted by Crippen LogP contribution is -2.33. The summed E-state index contributed by atoms with van der Waals surface area (Å²) in [6, 6.07) is 6.77. The predicted octanol–water partition coefficient (Wildman–Crippen LogP) is 3.25. The summed E-state index contributed by atoms with van der Waals surface area (Å²) in [5.41, 5.74) is 9.94. The van der Waals surface area contributed by atoms with Crippen LogP contribution in [0.2, 0.25) is 0 Å². The highest BCUT2D eigenvalue weighted by atomic mass is 16.1. The number of hydrogen-bond donors (Lipinski definition) is 2. The summed E-state index contributed by atoms with van der Waals surface area (Å²) in [5, 5.41) is 3.18. The van der Waals surface area contributed by atoms with E-state index < -0.39 is 0 Å². The highest BCUT2D eigenvalue weighted by Gasteiger charge is 2.23. The Balaban J connectivity index is 2.26. The van der Waals surface area contributed by atoms with Crippen molar-refractivity contribution in [2.75, 3.05) is 0 Å². The molecule has 3 heteroatoms. The second-order valence-electron chi connectivity index (χ2n) is 6.08. The molecule has 1 aromatic carbocycles. The molecule has 1 aliphatic carbocycles. The molecule has 1 amide bonds. The van der Waals surface area contributed by atoms with E-state index in [2.05, 4.69) is 30.4 Å². The molecule has 3 nitrogen and oxygen atoms in total. The molecule has 1 aliphatic rings. The normalized spacial score (nSPS) is 19.6. The molecule has 2 unspecified atom stereocenters. The van der Waals surface area contributed by atoms with Crippen molar-refractivity contribution in [1.82, 2.24) is 5.32 Å². The minimum absolute atomic E-state index is 0.0291. The van der Waals surface area contributed by atoms with Gasteiger partial charge in [-0.1, -0.05) is 39.0 Å². The minimum atomic E-state index is 0.0291. The van der Waals surface area contributed by atoms with Gasteiger partial charge in [0.25, 0.3) is 0 Å². The number of aryl methyl sites for hydroxylation is 1. The summed E-state index contributed by atoms with van der Waals surface area (Å²) < 4.78 is 0. The van der Waals surface area contributed by atoms with Crippen LogP contribution in [0.1, 0.15) is 68.8 Å². The maximum absolute atomic E-state index is 12.0. The lowest BCUT2D eigenvalue weighted by atomic mass is 9.85. The van der Waals surface area contributed by atoms with Gasteiger partial charge in [-0.25, -0.2) is 0 Å². The standard InChI is InChI=1S/C17H26N2O/c1-4-15(18)13-9-8-12-6-5-7-16(14(12)10-13)19-17(20)11(2)3/h8-11,15-16H,4-7,18H2,1-3H3,(H,19,20). The summed E-state index contributed by atoms with van der Waals surface area (Å²) >= 11 is 0. The van der Waals surface area contributed by atoms with Crippen molar-refractivity contribution >= 4 is 5.91 Å². The fourth-order valence-corrected chi connectivity index (χ4v) is 2.77. The zero-order chi connectivity index (χ0) is 14.7. The van der Waals surface area contributed by atoms with Crippen molar-refractivity contribution in [1.29, 1.82) is 0 Å². The largest absolute Gasteiger partial charge is 0.349 e. The maximum atomic E-state index is 12.0. The molecule has 0 bridgehead atoms. The number of fused-ring (bicyclic) bond motifs is 1. The molecule has 0 saturated heterocycles. The van der Waals surface area contributed by atoms with E-state index in [4.69, 9.17) is 5.73 Å². The molecule has 0 aliphatic heterocycles. The molecular weight excluding hydrogens is 248 g/mol. The Morgan fingerprint density at radius 3 is 2.85 bits per heavy atom. The third-order valence-electron chi connectivity index (χ3n) is 4.19. The van der Waals surface area contributed by atoms with Gasteiger partial charge in [0.15, 0.2) is 0 Å². The van der Waals surface area contributed by atoms with Crippen molar-refractivity contribution in [3.63, 3.8) is 0 Å². The van der Waals surface area contributed by atoms with Gasteiger partial charge in [0.05, 0.1) is 6.04 Å². The van der Waals surface area contributed by atoms with Gasteiger partial charge in [-0.15, -0.1) is 0 Å². The maximum Gasteiger partial charge on any atom is 0.223 e. The number of rotatable bonds is 4. The molecule has 0 saturated carbocycles. The van der Waals surface area contributed by atoms with Crippen LogP contribution in [0.15, 0.2) is 18.2 Å². The van der Waals surface area contributed by atoms with E-state index in [1.165, 1.54) is 16.7 Å². The number of hydrogen-bond acceptors (Lipinski definition) is 2. The predicted molar refractivity (Wildman–Crippen MR) is 82.3 cm³/mol. The molecule has 2 rings (SSSR count). The zero-order valence-electron chi connectivity index (χ0n) is 12.8. The average molecular weight is 274 g/mol. The number of amides is 1. The molecule has 0 heterocycles. The molecule has 0 radical (unpaired) electrons. The van der Waals surface area contributed by atoms with E-state index >= 15 is 0 Å². The van der Waals surface area contributed by atoms with Gasteiger partial charge in [0, 0.05) is 12.0 Å². The lowest BCUT2D eigenvalue weighted by Gasteiger charge is -2.28. The number of benzene rings is 1. The quantitative estimate of drug-likeness (QED) is 0.885. The Morgan fingerprint density at radius 2 is 2.20 bits per heavy atom. The Hall–Kier alpha value is -1.35. The van der Waals surface area contributed by atoms with Crippen LogP contribution in [0.25, 0.3) is 0 Å². The molecule has 0 spiro atoms. The number of carbonyl (C=O) groups is 1. The molecule has 0 aromatic heterocycles. The monoisotopic (exact) mass is 274 g/mol. The molecular formula is C17H26N2O. The first-order valence-electron chi connectivity index (χ1n) is 7.71. The van der Waals surface area contributed by atoms with Gasteiger partial charge >= 0.3 is 0 Å². The lowest BCUT2D eigenvalue weighted by molar-refractivity contribution is -0.124. The van der Waals surface area contributed by atoms with Crippen LogP contribution in [-0.2, 0) is 11.2 Å². The Bertz CT molecular complexity index is 482. The van der Waals surface area contributed by atoms with Crippen molar-refractivity contribution in [3.05, 3.63) is 34.9 Å². The third kappa shape index (κ3) is 3.21. The first-order chi connectivity index (χ1) is 9.52. The topological polar surface area (TPSA) is 55.1 Å².